The average Bonchev–Trinajstić information content (AvgIpc) is 3.67. The molecule has 0 unspecified atom stereocenters. The molecule has 0 atom stereocenters. The fraction of sp³-hybridized carbons (Fsp3) is 0. The molecule has 9 aromatic rings. The van der Waals surface area contributed by atoms with Gasteiger partial charge in [-0.2, -0.15) is 0 Å². The molecule has 7 aromatic carbocycles. The highest BCUT2D eigenvalue weighted by molar-refractivity contribution is 6.17. The molecule has 0 radical (unpaired) electrons. The molecule has 0 fully saturated rings. The third-order valence-corrected chi connectivity index (χ3v) is 9.51. The van der Waals surface area contributed by atoms with E-state index >= 15 is 0 Å². The highest BCUT2D eigenvalue weighted by Gasteiger charge is 2.33. The predicted molar refractivity (Wildman–Crippen MR) is 188 cm³/mol. The van der Waals surface area contributed by atoms with Gasteiger partial charge in [-0.15, -0.1) is 0 Å². The van der Waals surface area contributed by atoms with Crippen LogP contribution < -0.4 is 14.4 Å². The zero-order valence-corrected chi connectivity index (χ0v) is 25.0. The molecule has 47 heavy (non-hydrogen) atoms. The van der Waals surface area contributed by atoms with E-state index in [0.717, 1.165) is 101 Å². The predicted octanol–water partition coefficient (Wildman–Crippen LogP) is 12.0. The molecule has 0 bridgehead atoms. The molecule has 2 aromatic heterocycles. The number of hydrogen-bond acceptors (Lipinski definition) is 4. The molecule has 0 aliphatic carbocycles. The first kappa shape index (κ1) is 24.8. The van der Waals surface area contributed by atoms with Crippen molar-refractivity contribution in [3.8, 4) is 39.8 Å². The van der Waals surface area contributed by atoms with Crippen molar-refractivity contribution in [1.29, 1.82) is 0 Å². The van der Waals surface area contributed by atoms with Crippen molar-refractivity contribution < 1.29 is 13.9 Å². The van der Waals surface area contributed by atoms with E-state index in [1.165, 1.54) is 0 Å². The molecule has 11 rings (SSSR count). The largest absolute Gasteiger partial charge is 0.456 e. The number of aromatic nitrogens is 1. The normalized spacial score (nSPS) is 12.6. The molecule has 0 N–H and O–H groups in total. The summed E-state index contributed by atoms with van der Waals surface area (Å²) in [5, 5.41) is 4.37. The summed E-state index contributed by atoms with van der Waals surface area (Å²) in [6.45, 7) is 0. The SMILES string of the molecule is c1ccc(-c2cccc(N(c3cc4c5c(c3)c3cccc6c3n5-c3c(cccc3O4)O6)c3cccc4oc5ccccc5c34)c2)cc1. The number of rotatable bonds is 4. The van der Waals surface area contributed by atoms with Crippen LogP contribution >= 0.6 is 0 Å². The Morgan fingerprint density at radius 2 is 1.13 bits per heavy atom. The smallest absolute Gasteiger partial charge is 0.155 e. The van der Waals surface area contributed by atoms with Crippen molar-refractivity contribution in [2.45, 2.75) is 0 Å². The Bertz CT molecular complexity index is 2760. The van der Waals surface area contributed by atoms with E-state index in [-0.39, 0.29) is 0 Å². The molecule has 220 valence electrons. The molecule has 5 nitrogen and oxygen atoms in total. The van der Waals surface area contributed by atoms with Crippen LogP contribution in [0.5, 0.6) is 23.0 Å². The summed E-state index contributed by atoms with van der Waals surface area (Å²) in [5.74, 6) is 3.23. The molecule has 0 saturated carbocycles. The van der Waals surface area contributed by atoms with Crippen LogP contribution in [0.3, 0.4) is 0 Å². The summed E-state index contributed by atoms with van der Waals surface area (Å²) in [7, 11) is 0. The summed E-state index contributed by atoms with van der Waals surface area (Å²) in [4.78, 5) is 2.34. The van der Waals surface area contributed by atoms with Gasteiger partial charge in [0.2, 0.25) is 0 Å². The minimum Gasteiger partial charge on any atom is -0.456 e. The van der Waals surface area contributed by atoms with Crippen molar-refractivity contribution >= 4 is 60.8 Å². The molecule has 0 amide bonds. The van der Waals surface area contributed by atoms with Crippen LogP contribution in [0.25, 0.3) is 60.6 Å². The van der Waals surface area contributed by atoms with Crippen molar-refractivity contribution in [2.75, 3.05) is 4.90 Å². The van der Waals surface area contributed by atoms with Crippen LogP contribution in [-0.2, 0) is 0 Å². The lowest BCUT2D eigenvalue weighted by Gasteiger charge is -2.29. The molecule has 2 aliphatic rings. The van der Waals surface area contributed by atoms with Crippen LogP contribution in [-0.4, -0.2) is 4.57 Å². The standard InChI is InChI=1S/C42H24N2O3/c1-2-10-25(11-3-1)26-12-6-13-27(22-26)43(32-16-8-18-34-39(32)30-14-4-5-17-33(30)45-34)28-23-31-29-15-7-19-35-40(29)44-41(31)38(24-28)47-37-21-9-20-36(46-35)42(37)44/h1-24H. The van der Waals surface area contributed by atoms with Crippen LogP contribution in [0.1, 0.15) is 0 Å². The van der Waals surface area contributed by atoms with E-state index in [1.807, 2.05) is 42.5 Å². The minimum absolute atomic E-state index is 0.779. The molecule has 2 aliphatic heterocycles. The first-order chi connectivity index (χ1) is 23.3. The molecule has 5 heteroatoms. The van der Waals surface area contributed by atoms with Crippen molar-refractivity contribution in [2.24, 2.45) is 0 Å². The zero-order valence-electron chi connectivity index (χ0n) is 25.0. The lowest BCUT2D eigenvalue weighted by atomic mass is 10.0. The molecule has 0 saturated heterocycles. The molecule has 0 spiro atoms. The highest BCUT2D eigenvalue weighted by atomic mass is 16.5. The lowest BCUT2D eigenvalue weighted by molar-refractivity contribution is 0.444. The molecular formula is C42H24N2O3. The van der Waals surface area contributed by atoms with Gasteiger partial charge < -0.3 is 18.8 Å². The third kappa shape index (κ3) is 3.37. The van der Waals surface area contributed by atoms with Gasteiger partial charge in [-0.05, 0) is 65.7 Å². The van der Waals surface area contributed by atoms with Gasteiger partial charge in [0.15, 0.2) is 23.0 Å². The van der Waals surface area contributed by atoms with Gasteiger partial charge in [0.05, 0.1) is 27.8 Å². The Morgan fingerprint density at radius 1 is 0.447 bits per heavy atom. The number of ether oxygens (including phenoxy) is 2. The van der Waals surface area contributed by atoms with E-state index in [0.29, 0.717) is 0 Å². The summed E-state index contributed by atoms with van der Waals surface area (Å²) in [6.07, 6.45) is 0. The van der Waals surface area contributed by atoms with Gasteiger partial charge in [-0.1, -0.05) is 84.9 Å². The van der Waals surface area contributed by atoms with Crippen LogP contribution in [0, 0.1) is 0 Å². The molecule has 4 heterocycles. The van der Waals surface area contributed by atoms with Gasteiger partial charge in [0.1, 0.15) is 16.9 Å². The van der Waals surface area contributed by atoms with Crippen molar-refractivity contribution in [3.63, 3.8) is 0 Å². The summed E-state index contributed by atoms with van der Waals surface area (Å²) in [6, 6.07) is 50.6. The topological polar surface area (TPSA) is 39.8 Å². The molecular weight excluding hydrogens is 580 g/mol. The second-order valence-corrected chi connectivity index (χ2v) is 12.1. The van der Waals surface area contributed by atoms with E-state index in [9.17, 15) is 0 Å². The maximum absolute atomic E-state index is 6.74. The Balaban J connectivity index is 1.24. The fourth-order valence-corrected chi connectivity index (χ4v) is 7.57. The fourth-order valence-electron chi connectivity index (χ4n) is 7.57. The van der Waals surface area contributed by atoms with Gasteiger partial charge >= 0.3 is 0 Å². The second kappa shape index (κ2) is 9.05. The Morgan fingerprint density at radius 3 is 2.04 bits per heavy atom. The van der Waals surface area contributed by atoms with Gasteiger partial charge in [0.25, 0.3) is 0 Å². The van der Waals surface area contributed by atoms with Crippen molar-refractivity contribution in [1.82, 2.24) is 4.57 Å². The number of fused-ring (bicyclic) bond motifs is 4. The Hall–Kier alpha value is -6.46. The number of anilines is 3. The van der Waals surface area contributed by atoms with Crippen LogP contribution in [0.15, 0.2) is 150 Å². The summed E-state index contributed by atoms with van der Waals surface area (Å²) >= 11 is 0. The average molecular weight is 605 g/mol. The number of nitrogens with zero attached hydrogens (tertiary/aromatic N) is 2. The van der Waals surface area contributed by atoms with Crippen LogP contribution in [0.4, 0.5) is 17.1 Å². The number of benzene rings is 7. The van der Waals surface area contributed by atoms with E-state index in [4.69, 9.17) is 13.9 Å². The van der Waals surface area contributed by atoms with E-state index in [1.54, 1.807) is 0 Å². The van der Waals surface area contributed by atoms with E-state index < -0.39 is 0 Å². The first-order valence-electron chi connectivity index (χ1n) is 15.8. The Kier molecular flexibility index (Phi) is 4.78. The van der Waals surface area contributed by atoms with Gasteiger partial charge in [0, 0.05) is 27.9 Å². The summed E-state index contributed by atoms with van der Waals surface area (Å²) < 4.78 is 21.9. The maximum Gasteiger partial charge on any atom is 0.155 e. The third-order valence-electron chi connectivity index (χ3n) is 9.51. The quantitative estimate of drug-likeness (QED) is 0.200. The van der Waals surface area contributed by atoms with Crippen LogP contribution in [0.2, 0.25) is 0 Å². The minimum atomic E-state index is 0.779. The summed E-state index contributed by atoms with van der Waals surface area (Å²) in [5.41, 5.74) is 10.1. The first-order valence-corrected chi connectivity index (χ1v) is 15.8. The monoisotopic (exact) mass is 604 g/mol. The van der Waals surface area contributed by atoms with Crippen molar-refractivity contribution in [3.05, 3.63) is 146 Å². The number of furan rings is 1. The second-order valence-electron chi connectivity index (χ2n) is 12.1. The number of para-hydroxylation sites is 3. The highest BCUT2D eigenvalue weighted by Crippen LogP contribution is 2.55. The van der Waals surface area contributed by atoms with E-state index in [2.05, 4.69) is 113 Å². The Labute approximate surface area is 269 Å². The van der Waals surface area contributed by atoms with Gasteiger partial charge in [-0.3, -0.25) is 4.57 Å². The maximum atomic E-state index is 6.74. The number of hydrogen-bond donors (Lipinski definition) is 0. The lowest BCUT2D eigenvalue weighted by Crippen LogP contribution is -2.12. The van der Waals surface area contributed by atoms with Gasteiger partial charge in [-0.25, -0.2) is 0 Å². The zero-order chi connectivity index (χ0) is 30.6.